The molecule has 9 nitrogen and oxygen atoms in total. The summed E-state index contributed by atoms with van der Waals surface area (Å²) >= 11 is 12.3. The number of amides is 1. The Kier molecular flexibility index (Phi) is 7.37. The average molecular weight is 560 g/mol. The zero-order valence-electron chi connectivity index (χ0n) is 19.4. The Morgan fingerprint density at radius 1 is 1.00 bits per heavy atom. The molecule has 0 spiro atoms. The summed E-state index contributed by atoms with van der Waals surface area (Å²) in [7, 11) is -3.25. The number of nitrogens with one attached hydrogen (secondary N) is 1. The molecule has 0 aliphatic rings. The van der Waals surface area contributed by atoms with Gasteiger partial charge < -0.3 is 15.2 Å². The lowest BCUT2D eigenvalue weighted by atomic mass is 10.0. The van der Waals surface area contributed by atoms with Crippen LogP contribution in [0.1, 0.15) is 15.9 Å². The van der Waals surface area contributed by atoms with E-state index in [1.165, 1.54) is 31.4 Å². The number of rotatable bonds is 6. The van der Waals surface area contributed by atoms with Crippen LogP contribution in [-0.2, 0) is 10.1 Å². The van der Waals surface area contributed by atoms with E-state index in [0.29, 0.717) is 22.1 Å². The molecule has 0 saturated heterocycles. The van der Waals surface area contributed by atoms with Crippen molar-refractivity contribution in [1.29, 1.82) is 0 Å². The highest BCUT2D eigenvalue weighted by Gasteiger charge is 2.22. The fourth-order valence-electron chi connectivity index (χ4n) is 3.65. The summed E-state index contributed by atoms with van der Waals surface area (Å²) in [5, 5.41) is 22.7. The second kappa shape index (κ2) is 10.3. The third-order valence-electron chi connectivity index (χ3n) is 5.35. The van der Waals surface area contributed by atoms with Gasteiger partial charge >= 0.3 is 0 Å². The van der Waals surface area contributed by atoms with Gasteiger partial charge in [-0.15, -0.1) is 10.2 Å². The number of phenols is 1. The first-order valence-corrected chi connectivity index (χ1v) is 12.8. The molecule has 0 aromatic heterocycles. The van der Waals surface area contributed by atoms with E-state index >= 15 is 0 Å². The van der Waals surface area contributed by atoms with E-state index in [1.54, 1.807) is 43.3 Å². The lowest BCUT2D eigenvalue weighted by Crippen LogP contribution is -2.12. The molecule has 0 atom stereocenters. The summed E-state index contributed by atoms with van der Waals surface area (Å²) in [6, 6.07) is 15.7. The molecule has 1 amide bonds. The summed E-state index contributed by atoms with van der Waals surface area (Å²) in [5.74, 6) is -0.680. The monoisotopic (exact) mass is 559 g/mol. The van der Waals surface area contributed by atoms with Crippen LogP contribution in [0.3, 0.4) is 0 Å². The van der Waals surface area contributed by atoms with Gasteiger partial charge in [0.05, 0.1) is 28.4 Å². The molecule has 4 rings (SSSR count). The SMILES string of the molecule is COc1ccc(NC(=O)c2cc3ccccc3c(N=Nc3cc(C)cc(Cl)c3S(=O)(=O)O)c2O)c(Cl)c1. The van der Waals surface area contributed by atoms with Gasteiger partial charge in [0.1, 0.15) is 22.0 Å². The van der Waals surface area contributed by atoms with Crippen LogP contribution in [0.15, 0.2) is 75.8 Å². The quantitative estimate of drug-likeness (QED) is 0.170. The van der Waals surface area contributed by atoms with Crippen molar-refractivity contribution < 1.29 is 27.6 Å². The molecule has 0 aliphatic carbocycles. The van der Waals surface area contributed by atoms with E-state index in [9.17, 15) is 22.9 Å². The number of aryl methyl sites for hydroxylation is 1. The van der Waals surface area contributed by atoms with E-state index in [0.717, 1.165) is 0 Å². The molecule has 3 N–H and O–H groups in total. The Morgan fingerprint density at radius 3 is 2.41 bits per heavy atom. The number of halogens is 2. The molecule has 4 aromatic rings. The maximum atomic E-state index is 13.1. The molecule has 4 aromatic carbocycles. The van der Waals surface area contributed by atoms with Crippen LogP contribution in [0.5, 0.6) is 11.5 Å². The number of hydrogen-bond acceptors (Lipinski definition) is 7. The molecule has 0 saturated carbocycles. The first kappa shape index (κ1) is 26.4. The van der Waals surface area contributed by atoms with Gasteiger partial charge in [-0.2, -0.15) is 8.42 Å². The van der Waals surface area contributed by atoms with Crippen LogP contribution in [0.2, 0.25) is 10.0 Å². The fraction of sp³-hybridized carbons (Fsp3) is 0.0800. The first-order chi connectivity index (χ1) is 17.5. The molecule has 0 radical (unpaired) electrons. The van der Waals surface area contributed by atoms with Crippen LogP contribution in [0.25, 0.3) is 10.8 Å². The lowest BCUT2D eigenvalue weighted by Gasteiger charge is -2.12. The molecular formula is C25H19Cl2N3O6S. The number of fused-ring (bicyclic) bond motifs is 1. The summed E-state index contributed by atoms with van der Waals surface area (Å²) < 4.78 is 38.6. The van der Waals surface area contributed by atoms with Gasteiger partial charge in [-0.1, -0.05) is 47.5 Å². The number of carbonyl (C=O) groups excluding carboxylic acids is 1. The van der Waals surface area contributed by atoms with Crippen molar-refractivity contribution in [2.75, 3.05) is 12.4 Å². The zero-order chi connectivity index (χ0) is 26.9. The van der Waals surface area contributed by atoms with Gasteiger partial charge in [0.15, 0.2) is 5.75 Å². The van der Waals surface area contributed by atoms with E-state index in [2.05, 4.69) is 15.5 Å². The van der Waals surface area contributed by atoms with Crippen molar-refractivity contribution in [1.82, 2.24) is 0 Å². The summed E-state index contributed by atoms with van der Waals surface area (Å²) in [6.07, 6.45) is 0. The minimum atomic E-state index is -4.74. The minimum absolute atomic E-state index is 0.0944. The van der Waals surface area contributed by atoms with Crippen molar-refractivity contribution in [2.45, 2.75) is 11.8 Å². The number of hydrogen-bond donors (Lipinski definition) is 3. The third-order valence-corrected chi connectivity index (χ3v) is 7.02. The van der Waals surface area contributed by atoms with E-state index < -0.39 is 26.7 Å². The second-order valence-corrected chi connectivity index (χ2v) is 10.1. The van der Waals surface area contributed by atoms with Gasteiger partial charge in [0.2, 0.25) is 0 Å². The molecule has 0 heterocycles. The van der Waals surface area contributed by atoms with Crippen LogP contribution in [-0.4, -0.2) is 31.1 Å². The molecule has 190 valence electrons. The Labute approximate surface area is 222 Å². The Balaban J connectivity index is 1.83. The van der Waals surface area contributed by atoms with Crippen LogP contribution < -0.4 is 10.1 Å². The maximum absolute atomic E-state index is 13.1. The van der Waals surface area contributed by atoms with Gasteiger partial charge in [0, 0.05) is 11.5 Å². The van der Waals surface area contributed by atoms with Crippen molar-refractivity contribution in [3.05, 3.63) is 81.8 Å². The van der Waals surface area contributed by atoms with Crippen molar-refractivity contribution >= 4 is 67.1 Å². The second-order valence-electron chi connectivity index (χ2n) is 7.91. The molecule has 0 bridgehead atoms. The van der Waals surface area contributed by atoms with E-state index in [-0.39, 0.29) is 32.7 Å². The van der Waals surface area contributed by atoms with Gasteiger partial charge in [0.25, 0.3) is 16.0 Å². The van der Waals surface area contributed by atoms with Gasteiger partial charge in [-0.05, 0) is 48.2 Å². The number of carbonyl (C=O) groups is 1. The Morgan fingerprint density at radius 2 is 1.73 bits per heavy atom. The number of aromatic hydroxyl groups is 1. The van der Waals surface area contributed by atoms with Crippen molar-refractivity contribution in [3.8, 4) is 11.5 Å². The fourth-order valence-corrected chi connectivity index (χ4v) is 5.10. The predicted octanol–water partition coefficient (Wildman–Crippen LogP) is 7.08. The Hall–Kier alpha value is -3.70. The summed E-state index contributed by atoms with van der Waals surface area (Å²) in [4.78, 5) is 12.5. The zero-order valence-corrected chi connectivity index (χ0v) is 21.7. The molecular weight excluding hydrogens is 541 g/mol. The highest BCUT2D eigenvalue weighted by atomic mass is 35.5. The molecule has 12 heteroatoms. The standard InChI is InChI=1S/C25H19Cl2N3O6S/c1-13-9-19(27)24(37(33,34)35)21(10-13)29-30-22-16-6-4-3-5-14(16)11-17(23(22)31)25(32)28-20-8-7-15(36-2)12-18(20)26/h3-12,31H,1-2H3,(H,28,32)(H,33,34,35). The molecule has 37 heavy (non-hydrogen) atoms. The lowest BCUT2D eigenvalue weighted by molar-refractivity contribution is 0.102. The number of ether oxygens (including phenoxy) is 1. The number of methoxy groups -OCH3 is 1. The van der Waals surface area contributed by atoms with Crippen molar-refractivity contribution in [2.24, 2.45) is 10.2 Å². The predicted molar refractivity (Wildman–Crippen MR) is 142 cm³/mol. The largest absolute Gasteiger partial charge is 0.505 e. The minimum Gasteiger partial charge on any atom is -0.505 e. The number of phenolic OH excluding ortho intramolecular Hbond substituents is 1. The number of benzene rings is 4. The number of nitrogens with zero attached hydrogens (tertiary/aromatic N) is 2. The number of anilines is 1. The summed E-state index contributed by atoms with van der Waals surface area (Å²) in [5.41, 5.74) is 0.385. The maximum Gasteiger partial charge on any atom is 0.298 e. The topological polar surface area (TPSA) is 138 Å². The van der Waals surface area contributed by atoms with Crippen LogP contribution in [0.4, 0.5) is 17.1 Å². The highest BCUT2D eigenvalue weighted by molar-refractivity contribution is 7.86. The number of azo groups is 1. The first-order valence-electron chi connectivity index (χ1n) is 10.6. The Bertz CT molecular complexity index is 1690. The highest BCUT2D eigenvalue weighted by Crippen LogP contribution is 2.41. The molecule has 0 fully saturated rings. The van der Waals surface area contributed by atoms with Crippen LogP contribution >= 0.6 is 23.2 Å². The molecule has 0 unspecified atom stereocenters. The van der Waals surface area contributed by atoms with Gasteiger partial charge in [-0.25, -0.2) is 0 Å². The van der Waals surface area contributed by atoms with Crippen molar-refractivity contribution in [3.63, 3.8) is 0 Å². The smallest absolute Gasteiger partial charge is 0.298 e. The van der Waals surface area contributed by atoms with E-state index in [1.807, 2.05) is 0 Å². The third kappa shape index (κ3) is 5.52. The molecule has 0 aliphatic heterocycles. The van der Waals surface area contributed by atoms with Crippen LogP contribution in [0, 0.1) is 6.92 Å². The normalized spacial score (nSPS) is 11.7. The average Bonchev–Trinajstić information content (AvgIpc) is 2.83. The van der Waals surface area contributed by atoms with E-state index in [4.69, 9.17) is 27.9 Å². The summed E-state index contributed by atoms with van der Waals surface area (Å²) in [6.45, 7) is 1.65. The van der Waals surface area contributed by atoms with Gasteiger partial charge in [-0.3, -0.25) is 9.35 Å².